The molecular formula is C16H24N2O3. The number of nitrogens with zero attached hydrogens (tertiary/aromatic N) is 2. The van der Waals surface area contributed by atoms with Crippen LogP contribution in [0.15, 0.2) is 24.3 Å². The van der Waals surface area contributed by atoms with Crippen LogP contribution < -0.4 is 4.74 Å². The molecule has 2 rings (SSSR count). The second-order valence-corrected chi connectivity index (χ2v) is 5.65. The number of carboxylic acid groups (broad SMARTS) is 1. The number of piperazine rings is 1. The highest BCUT2D eigenvalue weighted by molar-refractivity contribution is 5.87. The van der Waals surface area contributed by atoms with E-state index in [1.54, 1.807) is 24.3 Å². The van der Waals surface area contributed by atoms with Crippen molar-refractivity contribution in [3.63, 3.8) is 0 Å². The summed E-state index contributed by atoms with van der Waals surface area (Å²) in [6, 6.07) is 7.08. The van der Waals surface area contributed by atoms with Gasteiger partial charge in [0.25, 0.3) is 0 Å². The molecule has 1 N–H and O–H groups in total. The number of aromatic carboxylic acids is 1. The second-order valence-electron chi connectivity index (χ2n) is 5.65. The van der Waals surface area contributed by atoms with E-state index in [9.17, 15) is 4.79 Å². The van der Waals surface area contributed by atoms with E-state index >= 15 is 0 Å². The summed E-state index contributed by atoms with van der Waals surface area (Å²) in [7, 11) is 2.16. The molecule has 1 fully saturated rings. The summed E-state index contributed by atoms with van der Waals surface area (Å²) in [5.74, 6) is -0.184. The lowest BCUT2D eigenvalue weighted by Crippen LogP contribution is -2.48. The average Bonchev–Trinajstić information content (AvgIpc) is 2.48. The fourth-order valence-corrected chi connectivity index (χ4v) is 2.49. The van der Waals surface area contributed by atoms with Gasteiger partial charge in [-0.05, 0) is 44.7 Å². The molecule has 116 valence electrons. The molecule has 5 heteroatoms. The molecule has 1 heterocycles. The normalized spacial score (nSPS) is 18.4. The monoisotopic (exact) mass is 292 g/mol. The molecule has 1 saturated heterocycles. The van der Waals surface area contributed by atoms with Gasteiger partial charge in [0.2, 0.25) is 0 Å². The Morgan fingerprint density at radius 1 is 1.24 bits per heavy atom. The molecule has 0 aromatic heterocycles. The zero-order chi connectivity index (χ0) is 15.2. The lowest BCUT2D eigenvalue weighted by molar-refractivity contribution is 0.0697. The lowest BCUT2D eigenvalue weighted by Gasteiger charge is -2.36. The van der Waals surface area contributed by atoms with Gasteiger partial charge < -0.3 is 14.7 Å². The van der Waals surface area contributed by atoms with Gasteiger partial charge in [0.15, 0.2) is 0 Å². The van der Waals surface area contributed by atoms with Gasteiger partial charge in [-0.15, -0.1) is 0 Å². The highest BCUT2D eigenvalue weighted by Crippen LogP contribution is 2.14. The van der Waals surface area contributed by atoms with E-state index in [2.05, 4.69) is 23.8 Å². The molecule has 0 aliphatic carbocycles. The van der Waals surface area contributed by atoms with Crippen LogP contribution in [-0.4, -0.2) is 66.8 Å². The van der Waals surface area contributed by atoms with Gasteiger partial charge in [-0.1, -0.05) is 0 Å². The van der Waals surface area contributed by atoms with Gasteiger partial charge in [-0.2, -0.15) is 0 Å². The Morgan fingerprint density at radius 2 is 1.86 bits per heavy atom. The minimum Gasteiger partial charge on any atom is -0.494 e. The summed E-state index contributed by atoms with van der Waals surface area (Å²) in [5, 5.41) is 8.84. The van der Waals surface area contributed by atoms with Crippen molar-refractivity contribution in [1.29, 1.82) is 0 Å². The van der Waals surface area contributed by atoms with Gasteiger partial charge in [0, 0.05) is 32.2 Å². The van der Waals surface area contributed by atoms with Gasteiger partial charge in [0.1, 0.15) is 5.75 Å². The third-order valence-corrected chi connectivity index (χ3v) is 4.07. The maximum absolute atomic E-state index is 10.8. The van der Waals surface area contributed by atoms with E-state index in [1.807, 2.05) is 0 Å². The smallest absolute Gasteiger partial charge is 0.335 e. The van der Waals surface area contributed by atoms with Gasteiger partial charge in [0.05, 0.1) is 12.2 Å². The van der Waals surface area contributed by atoms with Gasteiger partial charge >= 0.3 is 5.97 Å². The van der Waals surface area contributed by atoms with Crippen molar-refractivity contribution in [3.05, 3.63) is 29.8 Å². The topological polar surface area (TPSA) is 53.0 Å². The quantitative estimate of drug-likeness (QED) is 0.866. The first-order chi connectivity index (χ1) is 10.1. The van der Waals surface area contributed by atoms with Crippen LogP contribution >= 0.6 is 0 Å². The molecule has 1 aliphatic heterocycles. The van der Waals surface area contributed by atoms with Crippen molar-refractivity contribution in [2.75, 3.05) is 39.8 Å². The number of hydrogen-bond donors (Lipinski definition) is 1. The number of carboxylic acids is 1. The Labute approximate surface area is 126 Å². The Bertz CT molecular complexity index is 453. The minimum absolute atomic E-state index is 0.285. The zero-order valence-electron chi connectivity index (χ0n) is 12.8. The Hall–Kier alpha value is -1.59. The number of likely N-dealkylation sites (N-methyl/N-ethyl adjacent to an activating group) is 1. The summed E-state index contributed by atoms with van der Waals surface area (Å²) in [6.07, 6.45) is 0.977. The number of hydrogen-bond acceptors (Lipinski definition) is 4. The van der Waals surface area contributed by atoms with Crippen LogP contribution in [0, 0.1) is 0 Å². The SMILES string of the molecule is CC(CCOc1ccc(C(=O)O)cc1)N1CCN(C)CC1. The van der Waals surface area contributed by atoms with E-state index in [-0.39, 0.29) is 5.56 Å². The third kappa shape index (κ3) is 4.72. The van der Waals surface area contributed by atoms with Crippen molar-refractivity contribution in [2.24, 2.45) is 0 Å². The fraction of sp³-hybridized carbons (Fsp3) is 0.562. The van der Waals surface area contributed by atoms with Crippen molar-refractivity contribution in [1.82, 2.24) is 9.80 Å². The van der Waals surface area contributed by atoms with Crippen molar-refractivity contribution in [2.45, 2.75) is 19.4 Å². The van der Waals surface area contributed by atoms with Crippen LogP contribution in [-0.2, 0) is 0 Å². The number of ether oxygens (including phenoxy) is 1. The second kappa shape index (κ2) is 7.43. The molecule has 1 aromatic rings. The summed E-state index contributed by atoms with van der Waals surface area (Å²) >= 11 is 0. The molecule has 0 amide bonds. The molecule has 1 atom stereocenters. The maximum atomic E-state index is 10.8. The molecule has 1 aliphatic rings. The standard InChI is InChI=1S/C16H24N2O3/c1-13(18-10-8-17(2)9-11-18)7-12-21-15-5-3-14(4-6-15)16(19)20/h3-6,13H,7-12H2,1-2H3,(H,19,20). The average molecular weight is 292 g/mol. The predicted octanol–water partition coefficient (Wildman–Crippen LogP) is 1.79. The van der Waals surface area contributed by atoms with Crippen molar-refractivity contribution < 1.29 is 14.6 Å². The molecule has 5 nitrogen and oxygen atoms in total. The summed E-state index contributed by atoms with van der Waals surface area (Å²) in [4.78, 5) is 15.6. The summed E-state index contributed by atoms with van der Waals surface area (Å²) < 4.78 is 5.69. The molecule has 0 saturated carbocycles. The highest BCUT2D eigenvalue weighted by Gasteiger charge is 2.18. The molecule has 0 spiro atoms. The van der Waals surface area contributed by atoms with E-state index in [0.717, 1.165) is 38.3 Å². The van der Waals surface area contributed by atoms with Crippen LogP contribution in [0.5, 0.6) is 5.75 Å². The van der Waals surface area contributed by atoms with E-state index in [1.165, 1.54) is 0 Å². The summed E-state index contributed by atoms with van der Waals surface area (Å²) in [6.45, 7) is 7.38. The fourth-order valence-electron chi connectivity index (χ4n) is 2.49. The van der Waals surface area contributed by atoms with Crippen LogP contribution in [0.1, 0.15) is 23.7 Å². The number of carbonyl (C=O) groups is 1. The number of rotatable bonds is 6. The molecule has 1 aromatic carbocycles. The number of benzene rings is 1. The molecule has 0 bridgehead atoms. The van der Waals surface area contributed by atoms with Crippen molar-refractivity contribution >= 4 is 5.97 Å². The minimum atomic E-state index is -0.912. The largest absolute Gasteiger partial charge is 0.494 e. The first-order valence-corrected chi connectivity index (χ1v) is 7.45. The molecule has 0 radical (unpaired) electrons. The lowest BCUT2D eigenvalue weighted by atomic mass is 10.2. The zero-order valence-corrected chi connectivity index (χ0v) is 12.8. The van der Waals surface area contributed by atoms with Crippen LogP contribution in [0.4, 0.5) is 0 Å². The Kier molecular flexibility index (Phi) is 5.59. The van der Waals surface area contributed by atoms with Crippen LogP contribution in [0.3, 0.4) is 0 Å². The predicted molar refractivity (Wildman–Crippen MR) is 82.0 cm³/mol. The van der Waals surface area contributed by atoms with Crippen LogP contribution in [0.25, 0.3) is 0 Å². The van der Waals surface area contributed by atoms with Crippen LogP contribution in [0.2, 0.25) is 0 Å². The molecule has 1 unspecified atom stereocenters. The first kappa shape index (κ1) is 15.8. The van der Waals surface area contributed by atoms with E-state index < -0.39 is 5.97 Å². The third-order valence-electron chi connectivity index (χ3n) is 4.07. The van der Waals surface area contributed by atoms with E-state index in [4.69, 9.17) is 9.84 Å². The maximum Gasteiger partial charge on any atom is 0.335 e. The van der Waals surface area contributed by atoms with E-state index in [0.29, 0.717) is 12.6 Å². The van der Waals surface area contributed by atoms with Gasteiger partial charge in [-0.25, -0.2) is 4.79 Å². The highest BCUT2D eigenvalue weighted by atomic mass is 16.5. The Morgan fingerprint density at radius 3 is 2.43 bits per heavy atom. The summed E-state index contributed by atoms with van der Waals surface area (Å²) in [5.41, 5.74) is 0.285. The molecule has 21 heavy (non-hydrogen) atoms. The van der Waals surface area contributed by atoms with Gasteiger partial charge in [-0.3, -0.25) is 4.90 Å². The first-order valence-electron chi connectivity index (χ1n) is 7.45. The Balaban J connectivity index is 1.72. The molecular weight excluding hydrogens is 268 g/mol. The van der Waals surface area contributed by atoms with Crippen molar-refractivity contribution in [3.8, 4) is 5.75 Å².